The second-order valence-corrected chi connectivity index (χ2v) is 11.6. The lowest BCUT2D eigenvalue weighted by molar-refractivity contribution is -0.137. The molecule has 29 heavy (non-hydrogen) atoms. The van der Waals surface area contributed by atoms with Crippen molar-refractivity contribution in [2.45, 2.75) is 85.7 Å². The molecule has 2 aliphatic heterocycles. The maximum Gasteiger partial charge on any atom is 0.281 e. The van der Waals surface area contributed by atoms with Gasteiger partial charge in [-0.15, -0.1) is 0 Å². The van der Waals surface area contributed by atoms with Crippen molar-refractivity contribution in [3.8, 4) is 0 Å². The Hall–Kier alpha value is -2.17. The molecule has 0 aliphatic carbocycles. The van der Waals surface area contributed by atoms with E-state index in [0.29, 0.717) is 11.4 Å². The molecule has 3 rings (SSSR count). The molecule has 2 heterocycles. The normalized spacial score (nSPS) is 25.2. The number of oxime groups is 1. The molecule has 0 saturated carbocycles. The number of carbonyl (C=O) groups excluding carboxylic acids is 2. The number of nitrogens with zero attached hydrogens (tertiary/aromatic N) is 2. The molecule has 0 spiro atoms. The Balaban J connectivity index is 2.20. The van der Waals surface area contributed by atoms with Gasteiger partial charge in [0.2, 0.25) is 11.5 Å². The van der Waals surface area contributed by atoms with E-state index in [-0.39, 0.29) is 28.1 Å². The van der Waals surface area contributed by atoms with Crippen LogP contribution in [0.4, 0.5) is 5.69 Å². The molecule has 1 fully saturated rings. The van der Waals surface area contributed by atoms with Gasteiger partial charge < -0.3 is 4.84 Å². The topological polar surface area (TPSA) is 59.0 Å². The third-order valence-corrected chi connectivity index (χ3v) is 5.93. The molecule has 2 aliphatic rings. The van der Waals surface area contributed by atoms with Crippen LogP contribution in [0.15, 0.2) is 23.4 Å². The van der Waals surface area contributed by atoms with Crippen LogP contribution in [0.1, 0.15) is 80.4 Å². The summed E-state index contributed by atoms with van der Waals surface area (Å²) in [5.41, 5.74) is 1.34. The Morgan fingerprint density at radius 1 is 0.931 bits per heavy atom. The fraction of sp³-hybridized carbons (Fsp3) is 0.625. The molecular formula is C24H34N2O3. The molecular weight excluding hydrogens is 364 g/mol. The van der Waals surface area contributed by atoms with Crippen LogP contribution in [-0.4, -0.2) is 23.1 Å². The van der Waals surface area contributed by atoms with E-state index >= 15 is 0 Å². The third-order valence-electron chi connectivity index (χ3n) is 5.93. The van der Waals surface area contributed by atoms with Crippen LogP contribution in [0, 0.1) is 11.3 Å². The molecule has 5 nitrogen and oxygen atoms in total. The first-order chi connectivity index (χ1) is 13.0. The van der Waals surface area contributed by atoms with Crippen molar-refractivity contribution in [3.63, 3.8) is 0 Å². The minimum Gasteiger partial charge on any atom is -0.378 e. The molecule has 0 aromatic heterocycles. The van der Waals surface area contributed by atoms with Gasteiger partial charge in [0, 0.05) is 5.41 Å². The van der Waals surface area contributed by atoms with E-state index in [4.69, 9.17) is 4.84 Å². The molecule has 0 bridgehead atoms. The zero-order chi connectivity index (χ0) is 22.2. The first kappa shape index (κ1) is 21.5. The molecule has 1 aromatic carbocycles. The summed E-state index contributed by atoms with van der Waals surface area (Å²) < 4.78 is 0. The molecule has 2 atom stereocenters. The molecule has 0 N–H and O–H groups in total. The van der Waals surface area contributed by atoms with Gasteiger partial charge in [-0.1, -0.05) is 79.6 Å². The summed E-state index contributed by atoms with van der Waals surface area (Å²) in [5, 5.41) is 4.17. The van der Waals surface area contributed by atoms with Crippen molar-refractivity contribution in [1.29, 1.82) is 0 Å². The molecule has 158 valence electrons. The molecule has 2 unspecified atom stereocenters. The number of imide groups is 1. The van der Waals surface area contributed by atoms with E-state index in [9.17, 15) is 9.59 Å². The monoisotopic (exact) mass is 398 g/mol. The van der Waals surface area contributed by atoms with Crippen LogP contribution >= 0.6 is 0 Å². The standard InChI is InChI=1S/C24H34N2O3/c1-21(2,3)14-11-12-15(22(4,5)6)16(13-14)26-19(27)17-18(23(7,8)9)25-29-24(17,10)20(26)28/h11-13,17H,1-10H3. The van der Waals surface area contributed by atoms with Gasteiger partial charge in [0.15, 0.2) is 0 Å². The minimum atomic E-state index is -1.29. The fourth-order valence-electron chi connectivity index (χ4n) is 4.09. The number of fused-ring (bicyclic) bond motifs is 1. The highest BCUT2D eigenvalue weighted by Gasteiger charge is 2.66. The van der Waals surface area contributed by atoms with Crippen LogP contribution in [0.2, 0.25) is 0 Å². The lowest BCUT2D eigenvalue weighted by Gasteiger charge is -2.30. The summed E-state index contributed by atoms with van der Waals surface area (Å²) in [4.78, 5) is 34.2. The number of rotatable bonds is 1. The number of hydrogen-bond donors (Lipinski definition) is 0. The third kappa shape index (κ3) is 3.28. The molecule has 0 radical (unpaired) electrons. The van der Waals surface area contributed by atoms with E-state index < -0.39 is 11.5 Å². The van der Waals surface area contributed by atoms with E-state index in [2.05, 4.69) is 52.8 Å². The van der Waals surface area contributed by atoms with Gasteiger partial charge in [0.25, 0.3) is 5.91 Å². The predicted molar refractivity (Wildman–Crippen MR) is 116 cm³/mol. The largest absolute Gasteiger partial charge is 0.378 e. The van der Waals surface area contributed by atoms with Crippen molar-refractivity contribution in [1.82, 2.24) is 0 Å². The van der Waals surface area contributed by atoms with Gasteiger partial charge >= 0.3 is 0 Å². The summed E-state index contributed by atoms with van der Waals surface area (Å²) in [6, 6.07) is 6.14. The summed E-state index contributed by atoms with van der Waals surface area (Å²) in [5.74, 6) is -1.28. The van der Waals surface area contributed by atoms with Crippen molar-refractivity contribution in [3.05, 3.63) is 29.3 Å². The average Bonchev–Trinajstić information content (AvgIpc) is 2.99. The Bertz CT molecular complexity index is 910. The second kappa shape index (κ2) is 6.16. The fourth-order valence-corrected chi connectivity index (χ4v) is 4.09. The first-order valence-electron chi connectivity index (χ1n) is 10.3. The number of carbonyl (C=O) groups is 2. The summed E-state index contributed by atoms with van der Waals surface area (Å²) in [7, 11) is 0. The Labute approximate surface area is 174 Å². The highest BCUT2D eigenvalue weighted by atomic mass is 16.7. The van der Waals surface area contributed by atoms with Gasteiger partial charge in [-0.2, -0.15) is 0 Å². The number of hydrogen-bond acceptors (Lipinski definition) is 4. The van der Waals surface area contributed by atoms with Gasteiger partial charge in [-0.3, -0.25) is 9.59 Å². The van der Waals surface area contributed by atoms with Crippen LogP contribution < -0.4 is 4.90 Å². The highest BCUT2D eigenvalue weighted by Crippen LogP contribution is 2.47. The van der Waals surface area contributed by atoms with E-state index in [1.165, 1.54) is 4.90 Å². The summed E-state index contributed by atoms with van der Waals surface area (Å²) >= 11 is 0. The van der Waals surface area contributed by atoms with Crippen LogP contribution in [0.25, 0.3) is 0 Å². The van der Waals surface area contributed by atoms with Crippen molar-refractivity contribution >= 4 is 23.2 Å². The SMILES string of the molecule is CC(C)(C)C1=NOC2(C)C(=O)N(c3cc(C(C)(C)C)ccc3C(C)(C)C)C(=O)C12. The highest BCUT2D eigenvalue weighted by molar-refractivity contribution is 6.32. The van der Waals surface area contributed by atoms with Crippen LogP contribution in [-0.2, 0) is 25.3 Å². The minimum absolute atomic E-state index is 0.106. The predicted octanol–water partition coefficient (Wildman–Crippen LogP) is 4.96. The van der Waals surface area contributed by atoms with Gasteiger partial charge in [0.1, 0.15) is 5.92 Å². The number of benzene rings is 1. The number of anilines is 1. The second-order valence-electron chi connectivity index (χ2n) is 11.6. The zero-order valence-electron chi connectivity index (χ0n) is 19.4. The summed E-state index contributed by atoms with van der Waals surface area (Å²) in [6.45, 7) is 20.3. The smallest absolute Gasteiger partial charge is 0.281 e. The maximum atomic E-state index is 13.6. The lowest BCUT2D eigenvalue weighted by Crippen LogP contribution is -2.42. The quantitative estimate of drug-likeness (QED) is 0.628. The van der Waals surface area contributed by atoms with Gasteiger partial charge in [-0.25, -0.2) is 4.90 Å². The van der Waals surface area contributed by atoms with Crippen molar-refractivity contribution in [2.75, 3.05) is 4.90 Å². The number of amides is 2. The van der Waals surface area contributed by atoms with Crippen molar-refractivity contribution < 1.29 is 14.4 Å². The van der Waals surface area contributed by atoms with E-state index in [1.54, 1.807) is 6.92 Å². The Kier molecular flexibility index (Phi) is 4.58. The van der Waals surface area contributed by atoms with E-state index in [1.807, 2.05) is 32.9 Å². The Morgan fingerprint density at radius 2 is 1.52 bits per heavy atom. The zero-order valence-corrected chi connectivity index (χ0v) is 19.4. The van der Waals surface area contributed by atoms with Gasteiger partial charge in [0.05, 0.1) is 11.4 Å². The maximum absolute atomic E-state index is 13.6. The molecule has 5 heteroatoms. The average molecular weight is 399 g/mol. The van der Waals surface area contributed by atoms with Crippen LogP contribution in [0.3, 0.4) is 0 Å². The molecule has 2 amide bonds. The lowest BCUT2D eigenvalue weighted by atomic mass is 9.77. The van der Waals surface area contributed by atoms with Crippen LogP contribution in [0.5, 0.6) is 0 Å². The molecule has 1 aromatic rings. The van der Waals surface area contributed by atoms with Gasteiger partial charge in [-0.05, 0) is 34.9 Å². The summed E-state index contributed by atoms with van der Waals surface area (Å²) in [6.07, 6.45) is 0. The van der Waals surface area contributed by atoms with Crippen molar-refractivity contribution in [2.24, 2.45) is 16.5 Å². The first-order valence-corrected chi connectivity index (χ1v) is 10.3. The molecule has 1 saturated heterocycles. The Morgan fingerprint density at radius 3 is 2.00 bits per heavy atom. The van der Waals surface area contributed by atoms with E-state index in [0.717, 1.165) is 11.1 Å².